The normalized spacial score (nSPS) is 28.7. The van der Waals surface area contributed by atoms with Crippen LogP contribution in [0.5, 0.6) is 0 Å². The number of ether oxygens (including phenoxy) is 1. The first-order valence-electron chi connectivity index (χ1n) is 11.3. The second-order valence-corrected chi connectivity index (χ2v) is 10.2. The van der Waals surface area contributed by atoms with Gasteiger partial charge in [0.2, 0.25) is 0 Å². The molecule has 10 heteroatoms. The monoisotopic (exact) mass is 524 g/mol. The first kappa shape index (κ1) is 21.7. The average Bonchev–Trinajstić information content (AvgIpc) is 3.42. The molecule has 2 aliphatic rings. The predicted octanol–water partition coefficient (Wildman–Crippen LogP) is 2.86. The second-order valence-electron chi connectivity index (χ2n) is 9.39. The van der Waals surface area contributed by atoms with Crippen LogP contribution in [0.25, 0.3) is 21.9 Å². The molecular formula is C24H25BrN6O3. The molecule has 1 aliphatic heterocycles. The molecular weight excluding hydrogens is 500 g/mol. The number of aryl methyl sites for hydroxylation is 1. The van der Waals surface area contributed by atoms with Crippen molar-refractivity contribution in [3.05, 3.63) is 52.4 Å². The van der Waals surface area contributed by atoms with Crippen molar-refractivity contribution in [2.75, 3.05) is 11.5 Å². The van der Waals surface area contributed by atoms with E-state index in [1.807, 2.05) is 24.3 Å². The standard InChI is InChI=1S/C24H25BrN6O3/c1-11-28-20(26)15-5-7-31(22(15)29-11)23-18(32)24(33)6-4-14(19(24)34-23)8-12-2-3-13-10-16(25)21(27)30-17(13)9-12/h2-3,5,7,9-10,14,18-19,23,32-33H,4,6,8H2,1H3,(H2,27,30)(H2,26,28,29)/t14-,18-,19+,23+,24-/m0/s1. The van der Waals surface area contributed by atoms with Crippen LogP contribution >= 0.6 is 15.9 Å². The van der Waals surface area contributed by atoms with Gasteiger partial charge in [-0.25, -0.2) is 15.0 Å². The molecule has 9 nitrogen and oxygen atoms in total. The SMILES string of the molecule is Cc1nc(N)c2ccn([C@@H]3O[C@@H]4[C@H](Cc5ccc6cc(Br)c(N)nc6c5)CC[C@]4(O)[C@H]3O)c2n1. The van der Waals surface area contributed by atoms with Gasteiger partial charge in [-0.05, 0) is 71.8 Å². The molecule has 4 aromatic rings. The average molecular weight is 525 g/mol. The van der Waals surface area contributed by atoms with Crippen LogP contribution in [0.3, 0.4) is 0 Å². The summed E-state index contributed by atoms with van der Waals surface area (Å²) in [6.45, 7) is 1.77. The molecule has 2 fully saturated rings. The Labute approximate surface area is 203 Å². The highest BCUT2D eigenvalue weighted by molar-refractivity contribution is 9.10. The molecule has 0 amide bonds. The van der Waals surface area contributed by atoms with Crippen LogP contribution in [0.4, 0.5) is 11.6 Å². The number of halogens is 1. The highest BCUT2D eigenvalue weighted by Crippen LogP contribution is 2.50. The van der Waals surface area contributed by atoms with Crippen molar-refractivity contribution in [3.63, 3.8) is 0 Å². The van der Waals surface area contributed by atoms with Crippen LogP contribution in [0.1, 0.15) is 30.5 Å². The summed E-state index contributed by atoms with van der Waals surface area (Å²) in [5, 5.41) is 24.3. The second kappa shape index (κ2) is 7.61. The molecule has 1 saturated heterocycles. The lowest BCUT2D eigenvalue weighted by molar-refractivity contribution is -0.0675. The number of aromatic nitrogens is 4. The number of nitrogens with zero attached hydrogens (tertiary/aromatic N) is 4. The molecule has 4 heterocycles. The fourth-order valence-corrected chi connectivity index (χ4v) is 5.90. The Bertz CT molecular complexity index is 1440. The Kier molecular flexibility index (Phi) is 4.86. The number of nitrogens with two attached hydrogens (primary N) is 2. The molecule has 0 radical (unpaired) electrons. The number of hydrogen-bond acceptors (Lipinski definition) is 8. The van der Waals surface area contributed by atoms with Crippen molar-refractivity contribution in [2.45, 2.75) is 50.2 Å². The van der Waals surface area contributed by atoms with Crippen LogP contribution in [-0.2, 0) is 11.2 Å². The van der Waals surface area contributed by atoms with Crippen LogP contribution in [0.15, 0.2) is 41.0 Å². The van der Waals surface area contributed by atoms with E-state index in [0.717, 1.165) is 27.4 Å². The summed E-state index contributed by atoms with van der Waals surface area (Å²) in [6, 6.07) is 9.88. The number of pyridine rings is 1. The fraction of sp³-hybridized carbons (Fsp3) is 0.375. The van der Waals surface area contributed by atoms with Gasteiger partial charge in [0.15, 0.2) is 6.23 Å². The quantitative estimate of drug-likeness (QED) is 0.320. The maximum Gasteiger partial charge on any atom is 0.164 e. The van der Waals surface area contributed by atoms with E-state index in [1.54, 1.807) is 17.7 Å². The largest absolute Gasteiger partial charge is 0.385 e. The van der Waals surface area contributed by atoms with E-state index in [2.05, 4.69) is 36.9 Å². The van der Waals surface area contributed by atoms with E-state index in [-0.39, 0.29) is 5.92 Å². The molecule has 1 aliphatic carbocycles. The minimum atomic E-state index is -1.33. The molecule has 3 aromatic heterocycles. The Hall–Kier alpha value is -2.79. The third-order valence-electron chi connectivity index (χ3n) is 7.25. The molecule has 1 saturated carbocycles. The van der Waals surface area contributed by atoms with E-state index in [4.69, 9.17) is 16.2 Å². The molecule has 0 bridgehead atoms. The van der Waals surface area contributed by atoms with Gasteiger partial charge in [-0.1, -0.05) is 12.1 Å². The van der Waals surface area contributed by atoms with Gasteiger partial charge in [-0.15, -0.1) is 0 Å². The zero-order valence-corrected chi connectivity index (χ0v) is 20.1. The van der Waals surface area contributed by atoms with Gasteiger partial charge in [0, 0.05) is 11.6 Å². The first-order chi connectivity index (χ1) is 16.2. The summed E-state index contributed by atoms with van der Waals surface area (Å²) in [5.41, 5.74) is 13.2. The van der Waals surface area contributed by atoms with Gasteiger partial charge in [0.25, 0.3) is 0 Å². The number of aliphatic hydroxyl groups excluding tert-OH is 1. The Morgan fingerprint density at radius 2 is 2.00 bits per heavy atom. The van der Waals surface area contributed by atoms with Crippen LogP contribution < -0.4 is 11.5 Å². The van der Waals surface area contributed by atoms with Gasteiger partial charge in [-0.2, -0.15) is 0 Å². The van der Waals surface area contributed by atoms with Gasteiger partial charge >= 0.3 is 0 Å². The van der Waals surface area contributed by atoms with Crippen LogP contribution in [0, 0.1) is 12.8 Å². The van der Waals surface area contributed by atoms with Crippen molar-refractivity contribution >= 4 is 49.5 Å². The number of benzene rings is 1. The van der Waals surface area contributed by atoms with Crippen molar-refractivity contribution in [1.82, 2.24) is 19.5 Å². The van der Waals surface area contributed by atoms with Gasteiger partial charge in [0.1, 0.15) is 34.8 Å². The molecule has 5 atom stereocenters. The summed E-state index contributed by atoms with van der Waals surface area (Å²) < 4.78 is 8.88. The third kappa shape index (κ3) is 3.20. The van der Waals surface area contributed by atoms with E-state index in [1.165, 1.54) is 0 Å². The van der Waals surface area contributed by atoms with E-state index in [0.29, 0.717) is 41.3 Å². The molecule has 0 unspecified atom stereocenters. The topological polar surface area (TPSA) is 145 Å². The summed E-state index contributed by atoms with van der Waals surface area (Å²) in [5.74, 6) is 1.40. The van der Waals surface area contributed by atoms with Crippen LogP contribution in [0.2, 0.25) is 0 Å². The predicted molar refractivity (Wildman–Crippen MR) is 132 cm³/mol. The molecule has 6 rings (SSSR count). The number of anilines is 2. The van der Waals surface area contributed by atoms with Gasteiger partial charge < -0.3 is 31.0 Å². The van der Waals surface area contributed by atoms with Crippen molar-refractivity contribution in [2.24, 2.45) is 5.92 Å². The highest BCUT2D eigenvalue weighted by Gasteiger charge is 2.61. The molecule has 6 N–H and O–H groups in total. The minimum Gasteiger partial charge on any atom is -0.385 e. The third-order valence-corrected chi connectivity index (χ3v) is 7.89. The molecule has 34 heavy (non-hydrogen) atoms. The summed E-state index contributed by atoms with van der Waals surface area (Å²) in [7, 11) is 0. The zero-order chi connectivity index (χ0) is 23.8. The van der Waals surface area contributed by atoms with Crippen molar-refractivity contribution < 1.29 is 14.9 Å². The Morgan fingerprint density at radius 3 is 2.82 bits per heavy atom. The maximum absolute atomic E-state index is 11.5. The number of hydrogen-bond donors (Lipinski definition) is 4. The fourth-order valence-electron chi connectivity index (χ4n) is 5.57. The summed E-state index contributed by atoms with van der Waals surface area (Å²) >= 11 is 3.42. The van der Waals surface area contributed by atoms with E-state index in [9.17, 15) is 10.2 Å². The van der Waals surface area contributed by atoms with E-state index < -0.39 is 24.0 Å². The maximum atomic E-state index is 11.5. The number of nitrogen functional groups attached to an aromatic ring is 2. The molecule has 0 spiro atoms. The van der Waals surface area contributed by atoms with Gasteiger partial charge in [-0.3, -0.25) is 0 Å². The number of aliphatic hydroxyl groups is 2. The highest BCUT2D eigenvalue weighted by atomic mass is 79.9. The van der Waals surface area contributed by atoms with Crippen molar-refractivity contribution in [1.29, 1.82) is 0 Å². The Morgan fingerprint density at radius 1 is 1.18 bits per heavy atom. The summed E-state index contributed by atoms with van der Waals surface area (Å²) in [4.78, 5) is 13.2. The number of fused-ring (bicyclic) bond motifs is 3. The lowest BCUT2D eigenvalue weighted by Crippen LogP contribution is -2.45. The smallest absolute Gasteiger partial charge is 0.164 e. The zero-order valence-electron chi connectivity index (χ0n) is 18.5. The first-order valence-corrected chi connectivity index (χ1v) is 12.0. The van der Waals surface area contributed by atoms with E-state index >= 15 is 0 Å². The van der Waals surface area contributed by atoms with Gasteiger partial charge in [0.05, 0.1) is 21.5 Å². The Balaban J connectivity index is 1.30. The minimum absolute atomic E-state index is 0.0400. The lowest BCUT2D eigenvalue weighted by Gasteiger charge is -2.26. The van der Waals surface area contributed by atoms with Crippen molar-refractivity contribution in [3.8, 4) is 0 Å². The number of rotatable bonds is 3. The summed E-state index contributed by atoms with van der Waals surface area (Å²) in [6.07, 6.45) is 1.31. The molecule has 1 aromatic carbocycles. The van der Waals surface area contributed by atoms with Crippen LogP contribution in [-0.4, -0.2) is 47.5 Å². The molecule has 176 valence electrons. The lowest BCUT2D eigenvalue weighted by atomic mass is 9.90.